The predicted molar refractivity (Wildman–Crippen MR) is 86.7 cm³/mol. The van der Waals surface area contributed by atoms with E-state index in [0.29, 0.717) is 12.0 Å². The number of aromatic amines is 1. The minimum atomic E-state index is 0.0253. The summed E-state index contributed by atoms with van der Waals surface area (Å²) in [6, 6.07) is 6.75. The fraction of sp³-hybridized carbons (Fsp3) is 0.588. The van der Waals surface area contributed by atoms with E-state index in [4.69, 9.17) is 0 Å². The Morgan fingerprint density at radius 1 is 1.38 bits per heavy atom. The van der Waals surface area contributed by atoms with Crippen molar-refractivity contribution in [2.24, 2.45) is 5.92 Å². The summed E-state index contributed by atoms with van der Waals surface area (Å²) in [4.78, 5) is 17.7. The van der Waals surface area contributed by atoms with Crippen molar-refractivity contribution in [3.8, 4) is 0 Å². The SMILES string of the molecule is Cc1ccc2[nH]c(=O)n(CC3CCCN(C(C)C)C3)c2c1. The third-order valence-electron chi connectivity index (χ3n) is 4.65. The molecule has 1 N–H and O–H groups in total. The van der Waals surface area contributed by atoms with Crippen LogP contribution in [0.15, 0.2) is 23.0 Å². The van der Waals surface area contributed by atoms with Crippen molar-refractivity contribution in [3.05, 3.63) is 34.2 Å². The van der Waals surface area contributed by atoms with Crippen LogP contribution in [0.1, 0.15) is 32.3 Å². The van der Waals surface area contributed by atoms with Crippen LogP contribution >= 0.6 is 0 Å². The Hall–Kier alpha value is -1.55. The first-order valence-electron chi connectivity index (χ1n) is 7.98. The van der Waals surface area contributed by atoms with Crippen molar-refractivity contribution in [1.82, 2.24) is 14.5 Å². The molecule has 0 radical (unpaired) electrons. The second-order valence-electron chi connectivity index (χ2n) is 6.66. The highest BCUT2D eigenvalue weighted by Gasteiger charge is 2.23. The Morgan fingerprint density at radius 2 is 2.19 bits per heavy atom. The molecule has 0 aliphatic carbocycles. The summed E-state index contributed by atoms with van der Waals surface area (Å²) in [7, 11) is 0. The average molecular weight is 287 g/mol. The Balaban J connectivity index is 1.86. The largest absolute Gasteiger partial charge is 0.326 e. The van der Waals surface area contributed by atoms with Crippen molar-refractivity contribution in [2.45, 2.75) is 46.2 Å². The maximum atomic E-state index is 12.2. The van der Waals surface area contributed by atoms with E-state index in [1.54, 1.807) is 0 Å². The average Bonchev–Trinajstić information content (AvgIpc) is 2.75. The van der Waals surface area contributed by atoms with E-state index in [9.17, 15) is 4.79 Å². The van der Waals surface area contributed by atoms with E-state index in [1.165, 1.54) is 24.9 Å². The van der Waals surface area contributed by atoms with Gasteiger partial charge in [0.25, 0.3) is 0 Å². The van der Waals surface area contributed by atoms with Gasteiger partial charge in [0.05, 0.1) is 11.0 Å². The van der Waals surface area contributed by atoms with Gasteiger partial charge < -0.3 is 9.88 Å². The Morgan fingerprint density at radius 3 is 2.95 bits per heavy atom. The molecule has 4 heteroatoms. The summed E-state index contributed by atoms with van der Waals surface area (Å²) in [6.07, 6.45) is 2.45. The second kappa shape index (κ2) is 5.68. The maximum Gasteiger partial charge on any atom is 0.326 e. The summed E-state index contributed by atoms with van der Waals surface area (Å²) >= 11 is 0. The third kappa shape index (κ3) is 2.91. The van der Waals surface area contributed by atoms with E-state index in [1.807, 2.05) is 16.7 Å². The lowest BCUT2D eigenvalue weighted by molar-refractivity contribution is 0.131. The molecular formula is C17H25N3O. The zero-order valence-corrected chi connectivity index (χ0v) is 13.2. The molecule has 1 aromatic heterocycles. The van der Waals surface area contributed by atoms with Gasteiger partial charge in [0, 0.05) is 19.1 Å². The number of likely N-dealkylation sites (tertiary alicyclic amines) is 1. The van der Waals surface area contributed by atoms with E-state index in [0.717, 1.165) is 24.1 Å². The third-order valence-corrected chi connectivity index (χ3v) is 4.65. The number of benzene rings is 1. The second-order valence-corrected chi connectivity index (χ2v) is 6.66. The van der Waals surface area contributed by atoms with Crippen LogP contribution in [-0.2, 0) is 6.54 Å². The molecule has 0 saturated carbocycles. The van der Waals surface area contributed by atoms with Crippen molar-refractivity contribution < 1.29 is 0 Å². The van der Waals surface area contributed by atoms with Gasteiger partial charge in [-0.15, -0.1) is 0 Å². The Kier molecular flexibility index (Phi) is 3.89. The molecule has 0 spiro atoms. The minimum Gasteiger partial charge on any atom is -0.306 e. The first-order chi connectivity index (χ1) is 10.0. The Bertz CT molecular complexity index is 683. The monoisotopic (exact) mass is 287 g/mol. The number of rotatable bonds is 3. The molecule has 1 unspecified atom stereocenters. The minimum absolute atomic E-state index is 0.0253. The van der Waals surface area contributed by atoms with E-state index < -0.39 is 0 Å². The van der Waals surface area contributed by atoms with Crippen molar-refractivity contribution in [1.29, 1.82) is 0 Å². The van der Waals surface area contributed by atoms with E-state index in [-0.39, 0.29) is 5.69 Å². The first-order valence-corrected chi connectivity index (χ1v) is 7.98. The first kappa shape index (κ1) is 14.4. The van der Waals surface area contributed by atoms with Gasteiger partial charge >= 0.3 is 5.69 Å². The fourth-order valence-corrected chi connectivity index (χ4v) is 3.42. The smallest absolute Gasteiger partial charge is 0.306 e. The predicted octanol–water partition coefficient (Wildman–Crippen LogP) is 2.76. The molecule has 1 aromatic carbocycles. The molecule has 21 heavy (non-hydrogen) atoms. The van der Waals surface area contributed by atoms with Crippen LogP contribution in [0.2, 0.25) is 0 Å². The van der Waals surface area contributed by atoms with Gasteiger partial charge in [-0.3, -0.25) is 4.57 Å². The van der Waals surface area contributed by atoms with Crippen LogP contribution in [0, 0.1) is 12.8 Å². The lowest BCUT2D eigenvalue weighted by Gasteiger charge is -2.35. The van der Waals surface area contributed by atoms with Crippen LogP contribution in [0.25, 0.3) is 11.0 Å². The van der Waals surface area contributed by atoms with Gasteiger partial charge in [0.1, 0.15) is 0 Å². The zero-order valence-electron chi connectivity index (χ0n) is 13.2. The Labute approximate surface area is 125 Å². The summed E-state index contributed by atoms with van der Waals surface area (Å²) in [5.41, 5.74) is 3.21. The number of piperidine rings is 1. The molecule has 1 atom stereocenters. The van der Waals surface area contributed by atoms with Gasteiger partial charge in [-0.1, -0.05) is 6.07 Å². The maximum absolute atomic E-state index is 12.2. The molecule has 3 rings (SSSR count). The highest BCUT2D eigenvalue weighted by molar-refractivity contribution is 5.75. The molecule has 1 aliphatic rings. The normalized spacial score (nSPS) is 20.5. The molecule has 2 heterocycles. The van der Waals surface area contributed by atoms with Gasteiger partial charge in [-0.25, -0.2) is 4.79 Å². The number of imidazole rings is 1. The zero-order chi connectivity index (χ0) is 15.0. The number of hydrogen-bond donors (Lipinski definition) is 1. The lowest BCUT2D eigenvalue weighted by Crippen LogP contribution is -2.41. The van der Waals surface area contributed by atoms with Crippen LogP contribution in [-0.4, -0.2) is 33.6 Å². The molecule has 114 valence electrons. The summed E-state index contributed by atoms with van der Waals surface area (Å²) in [5, 5.41) is 0. The fourth-order valence-electron chi connectivity index (χ4n) is 3.42. The molecular weight excluding hydrogens is 262 g/mol. The molecule has 0 amide bonds. The van der Waals surface area contributed by atoms with Crippen molar-refractivity contribution in [2.75, 3.05) is 13.1 Å². The standard InChI is InChI=1S/C17H25N3O/c1-12(2)19-8-4-5-14(10-19)11-20-16-9-13(3)6-7-15(16)18-17(20)21/h6-7,9,12,14H,4-5,8,10-11H2,1-3H3,(H,18,21). The number of hydrogen-bond acceptors (Lipinski definition) is 2. The van der Waals surface area contributed by atoms with Crippen LogP contribution in [0.3, 0.4) is 0 Å². The summed E-state index contributed by atoms with van der Waals surface area (Å²) in [5.74, 6) is 0.568. The van der Waals surface area contributed by atoms with Crippen molar-refractivity contribution in [3.63, 3.8) is 0 Å². The van der Waals surface area contributed by atoms with E-state index in [2.05, 4.69) is 36.7 Å². The summed E-state index contributed by atoms with van der Waals surface area (Å²) < 4.78 is 1.93. The number of aryl methyl sites for hydroxylation is 1. The van der Waals surface area contributed by atoms with Gasteiger partial charge in [-0.2, -0.15) is 0 Å². The van der Waals surface area contributed by atoms with E-state index >= 15 is 0 Å². The number of nitrogens with zero attached hydrogens (tertiary/aromatic N) is 2. The number of H-pyrrole nitrogens is 1. The summed E-state index contributed by atoms with van der Waals surface area (Å²) in [6.45, 7) is 9.69. The van der Waals surface area contributed by atoms with Crippen LogP contribution in [0.4, 0.5) is 0 Å². The molecule has 0 bridgehead atoms. The molecule has 1 saturated heterocycles. The van der Waals surface area contributed by atoms with Gasteiger partial charge in [-0.05, 0) is 63.8 Å². The number of fused-ring (bicyclic) bond motifs is 1. The number of aromatic nitrogens is 2. The molecule has 1 aliphatic heterocycles. The van der Waals surface area contributed by atoms with Gasteiger partial charge in [0.15, 0.2) is 0 Å². The molecule has 4 nitrogen and oxygen atoms in total. The molecule has 1 fully saturated rings. The molecule has 2 aromatic rings. The number of nitrogens with one attached hydrogen (secondary N) is 1. The highest BCUT2D eigenvalue weighted by atomic mass is 16.1. The van der Waals surface area contributed by atoms with Gasteiger partial charge in [0.2, 0.25) is 0 Å². The highest BCUT2D eigenvalue weighted by Crippen LogP contribution is 2.21. The van der Waals surface area contributed by atoms with Crippen LogP contribution in [0.5, 0.6) is 0 Å². The topological polar surface area (TPSA) is 41.0 Å². The van der Waals surface area contributed by atoms with Crippen LogP contribution < -0.4 is 5.69 Å². The quantitative estimate of drug-likeness (QED) is 0.943. The lowest BCUT2D eigenvalue weighted by atomic mass is 9.97. The van der Waals surface area contributed by atoms with Crippen molar-refractivity contribution >= 4 is 11.0 Å².